The highest BCUT2D eigenvalue weighted by atomic mass is 19.1. The number of carboxylic acid groups (broad SMARTS) is 1. The van der Waals surface area contributed by atoms with Crippen LogP contribution >= 0.6 is 0 Å². The molecular weight excluding hydrogens is 265 g/mol. The molecule has 1 unspecified atom stereocenters. The molecule has 0 radical (unpaired) electrons. The van der Waals surface area contributed by atoms with Crippen LogP contribution in [0, 0.1) is 17.2 Å². The minimum Gasteiger partial charge on any atom is -0.497 e. The summed E-state index contributed by atoms with van der Waals surface area (Å²) in [4.78, 5) is 23.3. The summed E-state index contributed by atoms with van der Waals surface area (Å²) < 4.78 is 18.5. The maximum atomic E-state index is 13.6. The Morgan fingerprint density at radius 3 is 2.40 bits per heavy atom. The van der Waals surface area contributed by atoms with Crippen LogP contribution < -0.4 is 10.1 Å². The second-order valence-corrected chi connectivity index (χ2v) is 5.47. The molecule has 0 bridgehead atoms. The fourth-order valence-electron chi connectivity index (χ4n) is 1.81. The molecule has 1 atom stereocenters. The van der Waals surface area contributed by atoms with Gasteiger partial charge in [-0.05, 0) is 17.5 Å². The Morgan fingerprint density at radius 2 is 1.95 bits per heavy atom. The zero-order valence-electron chi connectivity index (χ0n) is 11.9. The van der Waals surface area contributed by atoms with Crippen molar-refractivity contribution in [2.24, 2.45) is 11.3 Å². The number of benzene rings is 1. The highest BCUT2D eigenvalue weighted by Crippen LogP contribution is 2.28. The summed E-state index contributed by atoms with van der Waals surface area (Å²) in [6.45, 7) is 4.90. The van der Waals surface area contributed by atoms with E-state index in [0.717, 1.165) is 6.07 Å². The van der Waals surface area contributed by atoms with Gasteiger partial charge in [-0.1, -0.05) is 20.8 Å². The highest BCUT2D eigenvalue weighted by molar-refractivity contribution is 6.05. The van der Waals surface area contributed by atoms with Crippen LogP contribution in [0.15, 0.2) is 18.2 Å². The van der Waals surface area contributed by atoms with Crippen LogP contribution in [0.5, 0.6) is 5.75 Å². The molecule has 1 rings (SSSR count). The van der Waals surface area contributed by atoms with E-state index in [1.807, 2.05) is 0 Å². The number of halogens is 1. The first kappa shape index (κ1) is 15.9. The number of carbonyl (C=O) groups is 2. The quantitative estimate of drug-likeness (QED) is 0.832. The van der Waals surface area contributed by atoms with Crippen LogP contribution in [0.25, 0.3) is 0 Å². The number of hydrogen-bond donors (Lipinski definition) is 2. The van der Waals surface area contributed by atoms with Gasteiger partial charge in [-0.3, -0.25) is 9.59 Å². The van der Waals surface area contributed by atoms with Crippen molar-refractivity contribution in [2.75, 3.05) is 12.4 Å². The summed E-state index contributed by atoms with van der Waals surface area (Å²) in [6.07, 6.45) is 0. The predicted octanol–water partition coefficient (Wildman–Crippen LogP) is 2.52. The summed E-state index contributed by atoms with van der Waals surface area (Å²) in [6, 6.07) is 3.85. The SMILES string of the molecule is COc1ccc(F)c(NC(=O)C(C(=O)O)C(C)(C)C)c1. The van der Waals surface area contributed by atoms with Gasteiger partial charge in [0, 0.05) is 6.07 Å². The standard InChI is InChI=1S/C14H18FNO4/c1-14(2,3)11(13(18)19)12(17)16-10-7-8(20-4)5-6-9(10)15/h5-7,11H,1-4H3,(H,16,17)(H,18,19). The average Bonchev–Trinajstić information content (AvgIpc) is 2.29. The third kappa shape index (κ3) is 3.69. The van der Waals surface area contributed by atoms with E-state index in [-0.39, 0.29) is 5.69 Å². The van der Waals surface area contributed by atoms with Crippen molar-refractivity contribution in [2.45, 2.75) is 20.8 Å². The van der Waals surface area contributed by atoms with Crippen molar-refractivity contribution < 1.29 is 23.8 Å². The summed E-state index contributed by atoms with van der Waals surface area (Å²) >= 11 is 0. The summed E-state index contributed by atoms with van der Waals surface area (Å²) in [5, 5.41) is 11.4. The van der Waals surface area contributed by atoms with E-state index in [1.54, 1.807) is 20.8 Å². The summed E-state index contributed by atoms with van der Waals surface area (Å²) in [5.41, 5.74) is -0.893. The van der Waals surface area contributed by atoms with E-state index < -0.39 is 29.0 Å². The number of carboxylic acids is 1. The van der Waals surface area contributed by atoms with Crippen LogP contribution in [0.1, 0.15) is 20.8 Å². The number of amides is 1. The molecule has 1 amide bonds. The molecule has 0 aliphatic carbocycles. The van der Waals surface area contributed by atoms with Gasteiger partial charge in [-0.15, -0.1) is 0 Å². The molecule has 1 aromatic rings. The molecule has 2 N–H and O–H groups in total. The van der Waals surface area contributed by atoms with Crippen LogP contribution in [-0.2, 0) is 9.59 Å². The van der Waals surface area contributed by atoms with Gasteiger partial charge >= 0.3 is 5.97 Å². The fraction of sp³-hybridized carbons (Fsp3) is 0.429. The number of hydrogen-bond acceptors (Lipinski definition) is 3. The second kappa shape index (κ2) is 5.90. The minimum absolute atomic E-state index is 0.107. The van der Waals surface area contributed by atoms with E-state index in [0.29, 0.717) is 5.75 Å². The Balaban J connectivity index is 3.03. The smallest absolute Gasteiger partial charge is 0.316 e. The number of carbonyl (C=O) groups excluding carboxylic acids is 1. The van der Waals surface area contributed by atoms with Crippen molar-refractivity contribution in [3.05, 3.63) is 24.0 Å². The largest absolute Gasteiger partial charge is 0.497 e. The Hall–Kier alpha value is -2.11. The van der Waals surface area contributed by atoms with Gasteiger partial charge in [0.05, 0.1) is 12.8 Å². The Kier molecular flexibility index (Phi) is 4.70. The highest BCUT2D eigenvalue weighted by Gasteiger charge is 2.38. The lowest BCUT2D eigenvalue weighted by molar-refractivity contribution is -0.149. The van der Waals surface area contributed by atoms with E-state index in [2.05, 4.69) is 5.32 Å². The van der Waals surface area contributed by atoms with Crippen LogP contribution in [0.4, 0.5) is 10.1 Å². The molecule has 20 heavy (non-hydrogen) atoms. The van der Waals surface area contributed by atoms with Crippen LogP contribution in [0.3, 0.4) is 0 Å². The summed E-state index contributed by atoms with van der Waals surface area (Å²) in [7, 11) is 1.41. The fourth-order valence-corrected chi connectivity index (χ4v) is 1.81. The molecule has 0 heterocycles. The number of rotatable bonds is 4. The van der Waals surface area contributed by atoms with Gasteiger partial charge in [-0.2, -0.15) is 0 Å². The molecule has 0 saturated heterocycles. The third-order valence-corrected chi connectivity index (χ3v) is 2.81. The number of aliphatic carboxylic acids is 1. The van der Waals surface area contributed by atoms with Gasteiger partial charge in [0.1, 0.15) is 17.5 Å². The van der Waals surface area contributed by atoms with E-state index >= 15 is 0 Å². The molecule has 0 aliphatic heterocycles. The van der Waals surface area contributed by atoms with E-state index in [1.165, 1.54) is 19.2 Å². The first-order valence-corrected chi connectivity index (χ1v) is 6.04. The zero-order chi connectivity index (χ0) is 15.5. The monoisotopic (exact) mass is 283 g/mol. The van der Waals surface area contributed by atoms with E-state index in [9.17, 15) is 14.0 Å². The van der Waals surface area contributed by atoms with Gasteiger partial charge in [-0.25, -0.2) is 4.39 Å². The Morgan fingerprint density at radius 1 is 1.35 bits per heavy atom. The molecule has 110 valence electrons. The van der Waals surface area contributed by atoms with E-state index in [4.69, 9.17) is 9.84 Å². The minimum atomic E-state index is -1.28. The van der Waals surface area contributed by atoms with Crippen molar-refractivity contribution >= 4 is 17.6 Å². The van der Waals surface area contributed by atoms with Gasteiger partial charge in [0.15, 0.2) is 0 Å². The number of ether oxygens (including phenoxy) is 1. The molecule has 0 spiro atoms. The van der Waals surface area contributed by atoms with Gasteiger partial charge in [0.2, 0.25) is 5.91 Å². The molecule has 0 aromatic heterocycles. The van der Waals surface area contributed by atoms with Crippen molar-refractivity contribution in [3.8, 4) is 5.75 Å². The van der Waals surface area contributed by atoms with Crippen LogP contribution in [0.2, 0.25) is 0 Å². The predicted molar refractivity (Wildman–Crippen MR) is 72.2 cm³/mol. The maximum absolute atomic E-state index is 13.6. The lowest BCUT2D eigenvalue weighted by Crippen LogP contribution is -2.39. The van der Waals surface area contributed by atoms with Crippen molar-refractivity contribution in [1.29, 1.82) is 0 Å². The van der Waals surface area contributed by atoms with Crippen LogP contribution in [-0.4, -0.2) is 24.1 Å². The molecule has 0 saturated carbocycles. The maximum Gasteiger partial charge on any atom is 0.316 e. The normalized spacial score (nSPS) is 12.7. The second-order valence-electron chi connectivity index (χ2n) is 5.47. The molecular formula is C14H18FNO4. The first-order chi connectivity index (χ1) is 9.16. The Labute approximate surface area is 116 Å². The van der Waals surface area contributed by atoms with Gasteiger partial charge < -0.3 is 15.2 Å². The molecule has 1 aromatic carbocycles. The Bertz CT molecular complexity index is 522. The number of anilines is 1. The van der Waals surface area contributed by atoms with Crippen molar-refractivity contribution in [1.82, 2.24) is 0 Å². The molecule has 6 heteroatoms. The number of methoxy groups -OCH3 is 1. The number of nitrogens with one attached hydrogen (secondary N) is 1. The topological polar surface area (TPSA) is 75.6 Å². The lowest BCUT2D eigenvalue weighted by Gasteiger charge is -2.26. The van der Waals surface area contributed by atoms with Gasteiger partial charge in [0.25, 0.3) is 0 Å². The first-order valence-electron chi connectivity index (χ1n) is 6.04. The zero-order valence-corrected chi connectivity index (χ0v) is 11.9. The lowest BCUT2D eigenvalue weighted by atomic mass is 9.80. The average molecular weight is 283 g/mol. The molecule has 0 aliphatic rings. The third-order valence-electron chi connectivity index (χ3n) is 2.81. The van der Waals surface area contributed by atoms with Crippen molar-refractivity contribution in [3.63, 3.8) is 0 Å². The molecule has 0 fully saturated rings. The molecule has 5 nitrogen and oxygen atoms in total. The summed E-state index contributed by atoms with van der Waals surface area (Å²) in [5.74, 6) is -3.59.